The van der Waals surface area contributed by atoms with Crippen LogP contribution in [0.25, 0.3) is 0 Å². The molecule has 20 heavy (non-hydrogen) atoms. The third-order valence-corrected chi connectivity index (χ3v) is 5.46. The van der Waals surface area contributed by atoms with Gasteiger partial charge in [-0.25, -0.2) is 8.42 Å². The molecule has 7 heteroatoms. The van der Waals surface area contributed by atoms with Gasteiger partial charge in [0.2, 0.25) is 0 Å². The lowest BCUT2D eigenvalue weighted by atomic mass is 10.1. The molecule has 0 aliphatic carbocycles. The average Bonchev–Trinajstić information content (AvgIpc) is 2.36. The first-order chi connectivity index (χ1) is 9.08. The van der Waals surface area contributed by atoms with Crippen LogP contribution in [0.4, 0.5) is 13.2 Å². The Hall–Kier alpha value is -1.08. The maximum absolute atomic E-state index is 12.4. The molecule has 0 saturated carbocycles. The SMILES string of the molecule is CC(CO)CS(=O)(=O)C(C)c1ccc(C(F)(F)F)cc1. The topological polar surface area (TPSA) is 54.4 Å². The van der Waals surface area contributed by atoms with Crippen LogP contribution in [0.15, 0.2) is 24.3 Å². The van der Waals surface area contributed by atoms with Crippen LogP contribution in [-0.4, -0.2) is 25.9 Å². The minimum absolute atomic E-state index is 0.203. The number of benzene rings is 1. The van der Waals surface area contributed by atoms with Crippen molar-refractivity contribution in [3.8, 4) is 0 Å². The summed E-state index contributed by atoms with van der Waals surface area (Å²) in [4.78, 5) is 0. The molecule has 0 fully saturated rings. The summed E-state index contributed by atoms with van der Waals surface area (Å²) < 4.78 is 61.4. The third kappa shape index (κ3) is 4.21. The van der Waals surface area contributed by atoms with Gasteiger partial charge in [0.15, 0.2) is 9.84 Å². The summed E-state index contributed by atoms with van der Waals surface area (Å²) in [5, 5.41) is 7.98. The van der Waals surface area contributed by atoms with E-state index in [0.29, 0.717) is 5.56 Å². The number of hydrogen-bond acceptors (Lipinski definition) is 3. The van der Waals surface area contributed by atoms with Gasteiger partial charge in [0.25, 0.3) is 0 Å². The number of sulfone groups is 1. The Labute approximate surface area is 116 Å². The summed E-state index contributed by atoms with van der Waals surface area (Å²) in [7, 11) is -3.51. The fourth-order valence-electron chi connectivity index (χ4n) is 1.74. The van der Waals surface area contributed by atoms with Crippen LogP contribution in [-0.2, 0) is 16.0 Å². The molecule has 0 aliphatic rings. The largest absolute Gasteiger partial charge is 0.416 e. The summed E-state index contributed by atoms with van der Waals surface area (Å²) in [6.07, 6.45) is -4.44. The molecular weight excluding hydrogens is 293 g/mol. The third-order valence-electron chi connectivity index (χ3n) is 3.07. The van der Waals surface area contributed by atoms with Gasteiger partial charge in [-0.2, -0.15) is 13.2 Å². The molecule has 0 amide bonds. The van der Waals surface area contributed by atoms with E-state index in [0.717, 1.165) is 12.1 Å². The molecule has 0 aliphatic heterocycles. The van der Waals surface area contributed by atoms with Crippen molar-refractivity contribution in [1.82, 2.24) is 0 Å². The number of halogens is 3. The summed E-state index contributed by atoms with van der Waals surface area (Å²) in [6.45, 7) is 2.78. The van der Waals surface area contributed by atoms with Crippen molar-refractivity contribution >= 4 is 9.84 Å². The van der Waals surface area contributed by atoms with E-state index >= 15 is 0 Å². The number of rotatable bonds is 5. The molecular formula is C13H17F3O3S. The first kappa shape index (κ1) is 17.0. The molecule has 2 unspecified atom stereocenters. The second kappa shape index (κ2) is 6.13. The Bertz CT molecular complexity index is 535. The zero-order valence-electron chi connectivity index (χ0n) is 11.2. The lowest BCUT2D eigenvalue weighted by Crippen LogP contribution is -2.21. The van der Waals surface area contributed by atoms with Crippen molar-refractivity contribution < 1.29 is 26.7 Å². The Balaban J connectivity index is 2.95. The average molecular weight is 310 g/mol. The molecule has 114 valence electrons. The molecule has 2 atom stereocenters. The maximum atomic E-state index is 12.4. The van der Waals surface area contributed by atoms with Crippen LogP contribution in [0.5, 0.6) is 0 Å². The molecule has 3 nitrogen and oxygen atoms in total. The Morgan fingerprint density at radius 2 is 1.65 bits per heavy atom. The first-order valence-corrected chi connectivity index (χ1v) is 7.79. The zero-order chi connectivity index (χ0) is 15.6. The normalized spacial score (nSPS) is 15.9. The van der Waals surface area contributed by atoms with E-state index in [1.165, 1.54) is 19.1 Å². The second-order valence-corrected chi connectivity index (χ2v) is 7.25. The standard InChI is InChI=1S/C13H17F3O3S/c1-9(7-17)8-20(18,19)10(2)11-3-5-12(6-4-11)13(14,15)16/h3-6,9-10,17H,7-8H2,1-2H3. The molecule has 1 aromatic rings. The van der Waals surface area contributed by atoms with Gasteiger partial charge in [0.1, 0.15) is 0 Å². The summed E-state index contributed by atoms with van der Waals surface area (Å²) in [5.74, 6) is -0.608. The lowest BCUT2D eigenvalue weighted by molar-refractivity contribution is -0.137. The summed E-state index contributed by atoms with van der Waals surface area (Å²) in [5.41, 5.74) is -0.502. The van der Waals surface area contributed by atoms with E-state index in [-0.39, 0.29) is 12.4 Å². The van der Waals surface area contributed by atoms with E-state index in [1.54, 1.807) is 6.92 Å². The summed E-state index contributed by atoms with van der Waals surface area (Å²) >= 11 is 0. The summed E-state index contributed by atoms with van der Waals surface area (Å²) in [6, 6.07) is 4.09. The van der Waals surface area contributed by atoms with Gasteiger partial charge in [-0.05, 0) is 30.5 Å². The molecule has 0 heterocycles. The smallest absolute Gasteiger partial charge is 0.396 e. The van der Waals surface area contributed by atoms with Crippen molar-refractivity contribution in [2.24, 2.45) is 5.92 Å². The van der Waals surface area contributed by atoms with Crippen molar-refractivity contribution in [1.29, 1.82) is 0 Å². The van der Waals surface area contributed by atoms with Gasteiger partial charge >= 0.3 is 6.18 Å². The van der Waals surface area contributed by atoms with Gasteiger partial charge < -0.3 is 5.11 Å². The van der Waals surface area contributed by atoms with Crippen molar-refractivity contribution in [3.05, 3.63) is 35.4 Å². The van der Waals surface area contributed by atoms with Crippen LogP contribution < -0.4 is 0 Å². The molecule has 0 saturated heterocycles. The quantitative estimate of drug-likeness (QED) is 0.910. The van der Waals surface area contributed by atoms with Crippen LogP contribution >= 0.6 is 0 Å². The number of aliphatic hydroxyl groups is 1. The number of aliphatic hydroxyl groups excluding tert-OH is 1. The van der Waals surface area contributed by atoms with Crippen LogP contribution in [0.2, 0.25) is 0 Å². The van der Waals surface area contributed by atoms with Crippen molar-refractivity contribution in [3.63, 3.8) is 0 Å². The Morgan fingerprint density at radius 3 is 2.05 bits per heavy atom. The maximum Gasteiger partial charge on any atom is 0.416 e. The lowest BCUT2D eigenvalue weighted by Gasteiger charge is -2.16. The highest BCUT2D eigenvalue weighted by atomic mass is 32.2. The van der Waals surface area contributed by atoms with Gasteiger partial charge in [-0.3, -0.25) is 0 Å². The van der Waals surface area contributed by atoms with E-state index in [9.17, 15) is 21.6 Å². The van der Waals surface area contributed by atoms with Crippen molar-refractivity contribution in [2.45, 2.75) is 25.3 Å². The Morgan fingerprint density at radius 1 is 1.15 bits per heavy atom. The molecule has 0 radical (unpaired) electrons. The molecule has 0 aromatic heterocycles. The van der Waals surface area contributed by atoms with E-state index in [1.807, 2.05) is 0 Å². The highest BCUT2D eigenvalue weighted by Crippen LogP contribution is 2.31. The zero-order valence-corrected chi connectivity index (χ0v) is 12.0. The monoisotopic (exact) mass is 310 g/mol. The highest BCUT2D eigenvalue weighted by molar-refractivity contribution is 7.91. The predicted molar refractivity (Wildman–Crippen MR) is 69.9 cm³/mol. The van der Waals surface area contributed by atoms with Crippen LogP contribution in [0, 0.1) is 5.92 Å². The van der Waals surface area contributed by atoms with Crippen LogP contribution in [0.3, 0.4) is 0 Å². The van der Waals surface area contributed by atoms with Gasteiger partial charge in [-0.1, -0.05) is 19.1 Å². The number of hydrogen-bond donors (Lipinski definition) is 1. The van der Waals surface area contributed by atoms with E-state index in [2.05, 4.69) is 0 Å². The fraction of sp³-hybridized carbons (Fsp3) is 0.538. The van der Waals surface area contributed by atoms with Crippen molar-refractivity contribution in [2.75, 3.05) is 12.4 Å². The second-order valence-electron chi connectivity index (χ2n) is 4.88. The highest BCUT2D eigenvalue weighted by Gasteiger charge is 2.31. The van der Waals surface area contributed by atoms with Gasteiger partial charge in [0.05, 0.1) is 16.6 Å². The van der Waals surface area contributed by atoms with E-state index < -0.39 is 32.7 Å². The minimum Gasteiger partial charge on any atom is -0.396 e. The molecule has 1 rings (SSSR count). The Kier molecular flexibility index (Phi) is 5.21. The number of alkyl halides is 3. The van der Waals surface area contributed by atoms with Crippen LogP contribution in [0.1, 0.15) is 30.2 Å². The van der Waals surface area contributed by atoms with Gasteiger partial charge in [-0.15, -0.1) is 0 Å². The molecule has 1 N–H and O–H groups in total. The molecule has 0 bridgehead atoms. The predicted octanol–water partition coefficient (Wildman–Crippen LogP) is 2.81. The fourth-order valence-corrected chi connectivity index (χ4v) is 3.50. The minimum atomic E-state index is -4.44. The molecule has 1 aromatic carbocycles. The van der Waals surface area contributed by atoms with E-state index in [4.69, 9.17) is 5.11 Å². The molecule has 0 spiro atoms. The van der Waals surface area contributed by atoms with Gasteiger partial charge in [0, 0.05) is 6.61 Å². The first-order valence-electron chi connectivity index (χ1n) is 6.07.